The first kappa shape index (κ1) is 15.5. The van der Waals surface area contributed by atoms with Crippen LogP contribution in [-0.4, -0.2) is 25.0 Å². The average molecular weight is 285 g/mol. The van der Waals surface area contributed by atoms with Crippen molar-refractivity contribution in [2.24, 2.45) is 5.92 Å². The van der Waals surface area contributed by atoms with E-state index in [1.165, 1.54) is 0 Å². The normalized spacial score (nSPS) is 24.2. The van der Waals surface area contributed by atoms with E-state index in [4.69, 9.17) is 0 Å². The van der Waals surface area contributed by atoms with Gasteiger partial charge < -0.3 is 10.6 Å². The van der Waals surface area contributed by atoms with E-state index in [0.29, 0.717) is 12.6 Å². The number of hydrogen-bond acceptors (Lipinski definition) is 3. The summed E-state index contributed by atoms with van der Waals surface area (Å²) in [5, 5.41) is 15.8. The number of rotatable bonds is 6. The molecule has 0 bridgehead atoms. The molecule has 0 aromatic heterocycles. The summed E-state index contributed by atoms with van der Waals surface area (Å²) in [4.78, 5) is 11.4. The van der Waals surface area contributed by atoms with Gasteiger partial charge in [-0.05, 0) is 18.4 Å². The molecule has 1 aliphatic carbocycles. The quantitative estimate of drug-likeness (QED) is 0.785. The molecule has 1 amide bonds. The number of hydrogen-bond donors (Lipinski definition) is 2. The number of nitrogens with zero attached hydrogens (tertiary/aromatic N) is 1. The van der Waals surface area contributed by atoms with Crippen LogP contribution in [0.25, 0.3) is 0 Å². The van der Waals surface area contributed by atoms with Crippen LogP contribution >= 0.6 is 0 Å². The second-order valence-electron chi connectivity index (χ2n) is 6.06. The molecular weight excluding hydrogens is 262 g/mol. The molecule has 1 fully saturated rings. The lowest BCUT2D eigenvalue weighted by Gasteiger charge is -2.43. The van der Waals surface area contributed by atoms with Gasteiger partial charge in [-0.1, -0.05) is 44.2 Å². The highest BCUT2D eigenvalue weighted by Gasteiger charge is 2.45. The van der Waals surface area contributed by atoms with Crippen LogP contribution in [0, 0.1) is 17.2 Å². The van der Waals surface area contributed by atoms with Crippen molar-refractivity contribution in [3.8, 4) is 6.07 Å². The molecule has 1 aromatic carbocycles. The molecule has 0 atom stereocenters. The number of amides is 1. The van der Waals surface area contributed by atoms with Gasteiger partial charge in [-0.3, -0.25) is 4.79 Å². The van der Waals surface area contributed by atoms with E-state index in [-0.39, 0.29) is 17.2 Å². The van der Waals surface area contributed by atoms with Crippen LogP contribution in [0.5, 0.6) is 0 Å². The third-order valence-corrected chi connectivity index (χ3v) is 4.11. The van der Waals surface area contributed by atoms with Gasteiger partial charge in [-0.2, -0.15) is 5.26 Å². The molecule has 21 heavy (non-hydrogen) atoms. The van der Waals surface area contributed by atoms with Gasteiger partial charge in [-0.15, -0.1) is 0 Å². The van der Waals surface area contributed by atoms with E-state index in [9.17, 15) is 10.1 Å². The van der Waals surface area contributed by atoms with Gasteiger partial charge in [0.15, 0.2) is 0 Å². The topological polar surface area (TPSA) is 64.9 Å². The first-order valence-electron chi connectivity index (χ1n) is 7.55. The number of carbonyl (C=O) groups excluding carboxylic acids is 1. The lowest BCUT2D eigenvalue weighted by molar-refractivity contribution is -0.123. The van der Waals surface area contributed by atoms with E-state index in [0.717, 1.165) is 24.9 Å². The van der Waals surface area contributed by atoms with Crippen molar-refractivity contribution < 1.29 is 4.79 Å². The molecule has 0 radical (unpaired) electrons. The lowest BCUT2D eigenvalue weighted by Crippen LogP contribution is -2.52. The Bertz CT molecular complexity index is 513. The van der Waals surface area contributed by atoms with Crippen molar-refractivity contribution in [3.05, 3.63) is 35.9 Å². The van der Waals surface area contributed by atoms with Crippen LogP contribution in [0.3, 0.4) is 0 Å². The predicted octanol–water partition coefficient (Wildman–Crippen LogP) is 1.97. The Morgan fingerprint density at radius 3 is 2.57 bits per heavy atom. The maximum atomic E-state index is 11.4. The Kier molecular flexibility index (Phi) is 4.98. The van der Waals surface area contributed by atoms with Crippen molar-refractivity contribution in [1.29, 1.82) is 5.26 Å². The van der Waals surface area contributed by atoms with Crippen molar-refractivity contribution in [2.45, 2.75) is 38.1 Å². The molecule has 4 heteroatoms. The van der Waals surface area contributed by atoms with E-state index >= 15 is 0 Å². The minimum absolute atomic E-state index is 0.0259. The minimum atomic E-state index is -0.333. The van der Waals surface area contributed by atoms with E-state index in [1.54, 1.807) is 0 Å². The summed E-state index contributed by atoms with van der Waals surface area (Å²) in [5.74, 6) is 0.110. The van der Waals surface area contributed by atoms with E-state index in [2.05, 4.69) is 16.7 Å². The van der Waals surface area contributed by atoms with Crippen molar-refractivity contribution in [2.75, 3.05) is 13.1 Å². The van der Waals surface area contributed by atoms with Gasteiger partial charge >= 0.3 is 0 Å². The molecule has 0 unspecified atom stereocenters. The highest BCUT2D eigenvalue weighted by molar-refractivity contribution is 5.77. The Balaban J connectivity index is 1.74. The number of nitriles is 1. The fourth-order valence-electron chi connectivity index (χ4n) is 2.74. The number of nitrogens with one attached hydrogen (secondary N) is 2. The van der Waals surface area contributed by atoms with Gasteiger partial charge in [0.1, 0.15) is 0 Å². The molecule has 112 valence electrons. The Morgan fingerprint density at radius 2 is 2.00 bits per heavy atom. The first-order valence-corrected chi connectivity index (χ1v) is 7.55. The summed E-state index contributed by atoms with van der Waals surface area (Å²) >= 11 is 0. The number of benzene rings is 1. The lowest BCUT2D eigenvalue weighted by atomic mass is 9.62. The fourth-order valence-corrected chi connectivity index (χ4v) is 2.74. The summed E-state index contributed by atoms with van der Waals surface area (Å²) in [6, 6.07) is 12.8. The minimum Gasteiger partial charge on any atom is -0.355 e. The molecular formula is C17H23N3O. The third kappa shape index (κ3) is 3.62. The SMILES string of the molecule is CC(C)C(=O)NCCNC1CC(C#N)(c2ccccc2)C1. The standard InChI is InChI=1S/C17H23N3O/c1-13(2)16(21)20-9-8-19-15-10-17(11-15,12-18)14-6-4-3-5-7-14/h3-7,13,15,19H,8-11H2,1-2H3,(H,20,21). The Labute approximate surface area is 126 Å². The van der Waals surface area contributed by atoms with Crippen LogP contribution in [0.1, 0.15) is 32.3 Å². The summed E-state index contributed by atoms with van der Waals surface area (Å²) in [6.45, 7) is 5.16. The second kappa shape index (κ2) is 6.73. The van der Waals surface area contributed by atoms with Gasteiger partial charge in [0.25, 0.3) is 0 Å². The zero-order valence-corrected chi connectivity index (χ0v) is 12.7. The van der Waals surface area contributed by atoms with Gasteiger partial charge in [-0.25, -0.2) is 0 Å². The average Bonchev–Trinajstić information content (AvgIpc) is 2.46. The smallest absolute Gasteiger partial charge is 0.222 e. The van der Waals surface area contributed by atoms with Crippen LogP contribution < -0.4 is 10.6 Å². The van der Waals surface area contributed by atoms with Gasteiger partial charge in [0.2, 0.25) is 5.91 Å². The number of carbonyl (C=O) groups is 1. The van der Waals surface area contributed by atoms with Crippen LogP contribution in [-0.2, 0) is 10.2 Å². The van der Waals surface area contributed by atoms with Crippen molar-refractivity contribution in [1.82, 2.24) is 10.6 Å². The largest absolute Gasteiger partial charge is 0.355 e. The molecule has 4 nitrogen and oxygen atoms in total. The highest BCUT2D eigenvalue weighted by atomic mass is 16.1. The van der Waals surface area contributed by atoms with Crippen LogP contribution in [0.4, 0.5) is 0 Å². The molecule has 1 aromatic rings. The fraction of sp³-hybridized carbons (Fsp3) is 0.529. The third-order valence-electron chi connectivity index (χ3n) is 4.11. The summed E-state index contributed by atoms with van der Waals surface area (Å²) in [7, 11) is 0. The molecule has 1 aliphatic rings. The van der Waals surface area contributed by atoms with Crippen molar-refractivity contribution in [3.63, 3.8) is 0 Å². The summed E-state index contributed by atoms with van der Waals surface area (Å²) in [5.41, 5.74) is 0.777. The monoisotopic (exact) mass is 285 g/mol. The Morgan fingerprint density at radius 1 is 1.33 bits per heavy atom. The second-order valence-corrected chi connectivity index (χ2v) is 6.06. The molecule has 1 saturated carbocycles. The van der Waals surface area contributed by atoms with Crippen LogP contribution in [0.15, 0.2) is 30.3 Å². The molecule has 0 spiro atoms. The van der Waals surface area contributed by atoms with Crippen LogP contribution in [0.2, 0.25) is 0 Å². The molecule has 0 saturated heterocycles. The zero-order chi connectivity index (χ0) is 15.3. The zero-order valence-electron chi connectivity index (χ0n) is 12.7. The first-order chi connectivity index (χ1) is 10.1. The predicted molar refractivity (Wildman–Crippen MR) is 82.6 cm³/mol. The molecule has 2 rings (SSSR count). The maximum Gasteiger partial charge on any atom is 0.222 e. The van der Waals surface area contributed by atoms with Gasteiger partial charge in [0.05, 0.1) is 11.5 Å². The maximum absolute atomic E-state index is 11.4. The molecule has 0 heterocycles. The van der Waals surface area contributed by atoms with E-state index < -0.39 is 0 Å². The highest BCUT2D eigenvalue weighted by Crippen LogP contribution is 2.43. The molecule has 0 aliphatic heterocycles. The molecule has 2 N–H and O–H groups in total. The van der Waals surface area contributed by atoms with Gasteiger partial charge in [0, 0.05) is 25.0 Å². The summed E-state index contributed by atoms with van der Waals surface area (Å²) < 4.78 is 0. The van der Waals surface area contributed by atoms with Crippen molar-refractivity contribution >= 4 is 5.91 Å². The Hall–Kier alpha value is -1.86. The summed E-state index contributed by atoms with van der Waals surface area (Å²) in [6.07, 6.45) is 1.68. The van der Waals surface area contributed by atoms with E-state index in [1.807, 2.05) is 44.2 Å².